The van der Waals surface area contributed by atoms with Gasteiger partial charge in [-0.3, -0.25) is 9.80 Å². The smallest absolute Gasteiger partial charge is 0.277 e. The van der Waals surface area contributed by atoms with Gasteiger partial charge in [0, 0.05) is 11.8 Å². The quantitative estimate of drug-likeness (QED) is 0.534. The number of nitrogens with one attached hydrogen (secondary N) is 2. The summed E-state index contributed by atoms with van der Waals surface area (Å²) < 4.78 is 10.9. The highest BCUT2D eigenvalue weighted by atomic mass is 16.5. The maximum Gasteiger partial charge on any atom is 0.277 e. The molecule has 2 saturated heterocycles. The van der Waals surface area contributed by atoms with Gasteiger partial charge in [0.15, 0.2) is 0 Å². The van der Waals surface area contributed by atoms with Gasteiger partial charge >= 0.3 is 0 Å². The number of ether oxygens (including phenoxy) is 2. The molecule has 3 aliphatic rings. The SMILES string of the molecule is C(#CC([NH+]1CCOCC1)[NH+]1CCOCC1)C1CC1. The van der Waals surface area contributed by atoms with Gasteiger partial charge in [-0.25, -0.2) is 0 Å². The number of quaternary nitrogens is 2. The highest BCUT2D eigenvalue weighted by Crippen LogP contribution is 2.27. The summed E-state index contributed by atoms with van der Waals surface area (Å²) in [5.74, 6) is 7.77. The van der Waals surface area contributed by atoms with Gasteiger partial charge in [0.05, 0.1) is 26.4 Å². The summed E-state index contributed by atoms with van der Waals surface area (Å²) in [6.07, 6.45) is 3.08. The minimum absolute atomic E-state index is 0.443. The fraction of sp³-hybridized carbons (Fsp3) is 0.857. The maximum atomic E-state index is 5.47. The van der Waals surface area contributed by atoms with E-state index in [1.807, 2.05) is 0 Å². The molecule has 2 heterocycles. The lowest BCUT2D eigenvalue weighted by Gasteiger charge is -2.34. The molecule has 2 aliphatic heterocycles. The van der Waals surface area contributed by atoms with Gasteiger partial charge in [0.25, 0.3) is 6.17 Å². The summed E-state index contributed by atoms with van der Waals surface area (Å²) in [6.45, 7) is 7.98. The van der Waals surface area contributed by atoms with E-state index in [2.05, 4.69) is 11.8 Å². The Kier molecular flexibility index (Phi) is 4.16. The van der Waals surface area contributed by atoms with Gasteiger partial charge in [-0.05, 0) is 12.8 Å². The lowest BCUT2D eigenvalue weighted by atomic mass is 10.2. The van der Waals surface area contributed by atoms with Crippen molar-refractivity contribution < 1.29 is 19.3 Å². The largest absolute Gasteiger partial charge is 0.370 e. The first-order chi connectivity index (χ1) is 8.93. The van der Waals surface area contributed by atoms with Crippen molar-refractivity contribution in [3.63, 3.8) is 0 Å². The number of hydrogen-bond acceptors (Lipinski definition) is 2. The molecule has 0 amide bonds. The Hall–Kier alpha value is -0.600. The number of hydrogen-bond donors (Lipinski definition) is 2. The van der Waals surface area contributed by atoms with E-state index < -0.39 is 0 Å². The van der Waals surface area contributed by atoms with Gasteiger partial charge in [-0.1, -0.05) is 5.92 Å². The van der Waals surface area contributed by atoms with Crippen molar-refractivity contribution in [2.75, 3.05) is 52.6 Å². The first-order valence-corrected chi connectivity index (χ1v) is 7.29. The summed E-state index contributed by atoms with van der Waals surface area (Å²) in [5, 5.41) is 0. The molecule has 18 heavy (non-hydrogen) atoms. The topological polar surface area (TPSA) is 27.3 Å². The van der Waals surface area contributed by atoms with E-state index in [0.717, 1.165) is 52.6 Å². The summed E-state index contributed by atoms with van der Waals surface area (Å²) >= 11 is 0. The van der Waals surface area contributed by atoms with Crippen LogP contribution in [0.4, 0.5) is 0 Å². The van der Waals surface area contributed by atoms with Crippen LogP contribution in [0.5, 0.6) is 0 Å². The van der Waals surface area contributed by atoms with Gasteiger partial charge in [0.2, 0.25) is 0 Å². The Morgan fingerprint density at radius 1 is 0.833 bits per heavy atom. The molecule has 0 aromatic rings. The van der Waals surface area contributed by atoms with Crippen molar-refractivity contribution in [2.45, 2.75) is 19.0 Å². The first-order valence-electron chi connectivity index (χ1n) is 7.29. The Labute approximate surface area is 109 Å². The molecule has 0 radical (unpaired) electrons. The summed E-state index contributed by atoms with van der Waals surface area (Å²) in [4.78, 5) is 3.23. The average molecular weight is 252 g/mol. The summed E-state index contributed by atoms with van der Waals surface area (Å²) in [7, 11) is 0. The first kappa shape index (κ1) is 12.4. The van der Waals surface area contributed by atoms with Crippen LogP contribution in [0.25, 0.3) is 0 Å². The fourth-order valence-electron chi connectivity index (χ4n) is 2.77. The van der Waals surface area contributed by atoms with Crippen molar-refractivity contribution >= 4 is 0 Å². The van der Waals surface area contributed by atoms with E-state index >= 15 is 0 Å². The molecule has 1 aliphatic carbocycles. The molecule has 0 bridgehead atoms. The van der Waals surface area contributed by atoms with Crippen LogP contribution in [-0.2, 0) is 9.47 Å². The molecule has 1 saturated carbocycles. The third kappa shape index (κ3) is 3.24. The zero-order valence-electron chi connectivity index (χ0n) is 11.0. The van der Waals surface area contributed by atoms with E-state index in [-0.39, 0.29) is 0 Å². The van der Waals surface area contributed by atoms with E-state index in [1.165, 1.54) is 12.8 Å². The second kappa shape index (κ2) is 6.03. The molecule has 3 rings (SSSR count). The second-order valence-corrected chi connectivity index (χ2v) is 5.54. The van der Waals surface area contributed by atoms with Crippen molar-refractivity contribution in [3.8, 4) is 11.8 Å². The summed E-state index contributed by atoms with van der Waals surface area (Å²) in [6, 6.07) is 0. The molecule has 3 fully saturated rings. The monoisotopic (exact) mass is 252 g/mol. The normalized spacial score (nSPS) is 26.9. The van der Waals surface area contributed by atoms with Crippen LogP contribution in [-0.4, -0.2) is 58.8 Å². The third-order valence-electron chi connectivity index (χ3n) is 4.10. The van der Waals surface area contributed by atoms with E-state index in [0.29, 0.717) is 12.1 Å². The molecule has 0 atom stereocenters. The maximum absolute atomic E-state index is 5.47. The van der Waals surface area contributed by atoms with Crippen LogP contribution in [0, 0.1) is 17.8 Å². The van der Waals surface area contributed by atoms with Crippen LogP contribution < -0.4 is 9.80 Å². The molecule has 0 unspecified atom stereocenters. The van der Waals surface area contributed by atoms with E-state index in [4.69, 9.17) is 9.47 Å². The van der Waals surface area contributed by atoms with Crippen LogP contribution in [0.3, 0.4) is 0 Å². The van der Waals surface area contributed by atoms with Crippen molar-refractivity contribution in [2.24, 2.45) is 5.92 Å². The zero-order valence-corrected chi connectivity index (χ0v) is 11.0. The molecular formula is C14H24N2O2+2. The zero-order chi connectivity index (χ0) is 12.2. The van der Waals surface area contributed by atoms with E-state index in [1.54, 1.807) is 9.80 Å². The summed E-state index contributed by atoms with van der Waals surface area (Å²) in [5.41, 5.74) is 0. The van der Waals surface area contributed by atoms with Gasteiger partial charge in [-0.2, -0.15) is 0 Å². The van der Waals surface area contributed by atoms with Crippen molar-refractivity contribution in [1.82, 2.24) is 0 Å². The van der Waals surface area contributed by atoms with Gasteiger partial charge in [0.1, 0.15) is 26.2 Å². The molecule has 0 spiro atoms. The third-order valence-corrected chi connectivity index (χ3v) is 4.10. The predicted octanol–water partition coefficient (Wildman–Crippen LogP) is -2.44. The lowest BCUT2D eigenvalue weighted by Crippen LogP contribution is -3.37. The molecule has 4 nitrogen and oxygen atoms in total. The molecule has 4 heteroatoms. The number of morpholine rings is 2. The van der Waals surface area contributed by atoms with Crippen molar-refractivity contribution in [3.05, 3.63) is 0 Å². The van der Waals surface area contributed by atoms with Gasteiger partial charge in [-0.15, -0.1) is 0 Å². The second-order valence-electron chi connectivity index (χ2n) is 5.54. The van der Waals surface area contributed by atoms with Crippen LogP contribution in [0.1, 0.15) is 12.8 Å². The fourth-order valence-corrected chi connectivity index (χ4v) is 2.77. The molecule has 2 N–H and O–H groups in total. The minimum Gasteiger partial charge on any atom is -0.370 e. The minimum atomic E-state index is 0.443. The van der Waals surface area contributed by atoms with Crippen LogP contribution >= 0.6 is 0 Å². The lowest BCUT2D eigenvalue weighted by molar-refractivity contribution is -1.11. The van der Waals surface area contributed by atoms with Crippen LogP contribution in [0.2, 0.25) is 0 Å². The Morgan fingerprint density at radius 2 is 1.33 bits per heavy atom. The Bertz CT molecular complexity index is 302. The highest BCUT2D eigenvalue weighted by Gasteiger charge is 2.33. The molecule has 100 valence electrons. The standard InChI is InChI=1S/C14H22N2O2/c1-2-13(1)3-4-14(15-5-9-17-10-6-15)16-7-11-18-12-8-16/h13-14H,1-2,5-12H2/p+2. The van der Waals surface area contributed by atoms with Crippen LogP contribution in [0.15, 0.2) is 0 Å². The Morgan fingerprint density at radius 3 is 1.78 bits per heavy atom. The van der Waals surface area contributed by atoms with Crippen molar-refractivity contribution in [1.29, 1.82) is 0 Å². The Balaban J connectivity index is 1.67. The molecular weight excluding hydrogens is 228 g/mol. The number of rotatable bonds is 2. The van der Waals surface area contributed by atoms with Gasteiger partial charge < -0.3 is 9.47 Å². The van der Waals surface area contributed by atoms with E-state index in [9.17, 15) is 0 Å². The molecule has 0 aromatic carbocycles. The highest BCUT2D eigenvalue weighted by molar-refractivity contribution is 5.10. The predicted molar refractivity (Wildman–Crippen MR) is 67.3 cm³/mol. The average Bonchev–Trinajstić information content (AvgIpc) is 3.26. The molecule has 0 aromatic heterocycles.